The van der Waals surface area contributed by atoms with Crippen molar-refractivity contribution in [3.8, 4) is 0 Å². The zero-order chi connectivity index (χ0) is 20.0. The van der Waals surface area contributed by atoms with Crippen molar-refractivity contribution < 1.29 is 23.9 Å². The molecule has 0 bridgehead atoms. The molecule has 0 atom stereocenters. The Bertz CT molecular complexity index is 682. The number of nitrogens with one attached hydrogen (secondary N) is 1. The van der Waals surface area contributed by atoms with E-state index in [1.807, 2.05) is 0 Å². The first-order chi connectivity index (χ1) is 12.7. The summed E-state index contributed by atoms with van der Waals surface area (Å²) >= 11 is 0. The molecule has 3 amide bonds. The quantitative estimate of drug-likeness (QED) is 0.856. The number of benzene rings is 1. The zero-order valence-corrected chi connectivity index (χ0v) is 16.3. The van der Waals surface area contributed by atoms with Crippen molar-refractivity contribution in [3.05, 3.63) is 29.8 Å². The van der Waals surface area contributed by atoms with Crippen LogP contribution in [0, 0.1) is 0 Å². The molecular weight excluding hydrogens is 350 g/mol. The van der Waals surface area contributed by atoms with Crippen molar-refractivity contribution in [2.75, 3.05) is 38.6 Å². The van der Waals surface area contributed by atoms with Gasteiger partial charge in [-0.05, 0) is 51.5 Å². The van der Waals surface area contributed by atoms with Gasteiger partial charge in [0.1, 0.15) is 5.60 Å². The highest BCUT2D eigenvalue weighted by atomic mass is 16.6. The van der Waals surface area contributed by atoms with E-state index in [4.69, 9.17) is 9.47 Å². The molecule has 1 heterocycles. The van der Waals surface area contributed by atoms with E-state index < -0.39 is 11.7 Å². The number of hydrogen-bond acceptors (Lipinski definition) is 5. The molecule has 0 aromatic heterocycles. The summed E-state index contributed by atoms with van der Waals surface area (Å²) in [6.07, 6.45) is -0.224. The van der Waals surface area contributed by atoms with E-state index in [0.29, 0.717) is 43.9 Å². The van der Waals surface area contributed by atoms with Gasteiger partial charge in [-0.15, -0.1) is 0 Å². The summed E-state index contributed by atoms with van der Waals surface area (Å²) in [5.41, 5.74) is 0.495. The Kier molecular flexibility index (Phi) is 6.65. The standard InChI is InChI=1S/C19H27N3O5/c1-19(2,3)27-17(24)20-15-8-6-14(7-9-15)16(23)21-10-5-11-22(13-12-21)18(25)26-4/h6-9H,5,10-13H2,1-4H3,(H,20,24). The molecule has 0 aliphatic carbocycles. The molecule has 0 radical (unpaired) electrons. The molecule has 1 aromatic rings. The van der Waals surface area contributed by atoms with E-state index in [0.717, 1.165) is 0 Å². The van der Waals surface area contributed by atoms with E-state index in [1.165, 1.54) is 7.11 Å². The molecule has 0 saturated carbocycles. The van der Waals surface area contributed by atoms with Crippen molar-refractivity contribution in [1.29, 1.82) is 0 Å². The summed E-state index contributed by atoms with van der Waals surface area (Å²) < 4.78 is 9.94. The monoisotopic (exact) mass is 377 g/mol. The molecule has 1 N–H and O–H groups in total. The Morgan fingerprint density at radius 1 is 0.963 bits per heavy atom. The lowest BCUT2D eigenvalue weighted by molar-refractivity contribution is 0.0635. The molecule has 8 heteroatoms. The topological polar surface area (TPSA) is 88.2 Å². The minimum Gasteiger partial charge on any atom is -0.453 e. The molecule has 0 spiro atoms. The Hall–Kier alpha value is -2.77. The third-order valence-corrected chi connectivity index (χ3v) is 3.99. The smallest absolute Gasteiger partial charge is 0.412 e. The fourth-order valence-corrected chi connectivity index (χ4v) is 2.73. The van der Waals surface area contributed by atoms with Gasteiger partial charge >= 0.3 is 12.2 Å². The van der Waals surface area contributed by atoms with Gasteiger partial charge in [0, 0.05) is 37.4 Å². The Morgan fingerprint density at radius 3 is 2.15 bits per heavy atom. The molecule has 1 saturated heterocycles. The number of ether oxygens (including phenoxy) is 2. The Balaban J connectivity index is 1.95. The van der Waals surface area contributed by atoms with Crippen LogP contribution < -0.4 is 5.32 Å². The second kappa shape index (κ2) is 8.75. The lowest BCUT2D eigenvalue weighted by atomic mass is 10.1. The Labute approximate surface area is 159 Å². The van der Waals surface area contributed by atoms with Crippen LogP contribution in [0.3, 0.4) is 0 Å². The molecule has 1 aliphatic rings. The first-order valence-corrected chi connectivity index (χ1v) is 8.92. The first kappa shape index (κ1) is 20.5. The number of methoxy groups -OCH3 is 1. The second-order valence-corrected chi connectivity index (χ2v) is 7.31. The van der Waals surface area contributed by atoms with Gasteiger partial charge in [0.25, 0.3) is 5.91 Å². The summed E-state index contributed by atoms with van der Waals surface area (Å²) in [6.45, 7) is 7.40. The maximum Gasteiger partial charge on any atom is 0.412 e. The minimum absolute atomic E-state index is 0.106. The van der Waals surface area contributed by atoms with E-state index in [9.17, 15) is 14.4 Å². The van der Waals surface area contributed by atoms with Crippen LogP contribution >= 0.6 is 0 Å². The average Bonchev–Trinajstić information content (AvgIpc) is 2.85. The van der Waals surface area contributed by atoms with Gasteiger partial charge in [-0.25, -0.2) is 9.59 Å². The minimum atomic E-state index is -0.579. The van der Waals surface area contributed by atoms with Gasteiger partial charge in [-0.2, -0.15) is 0 Å². The summed E-state index contributed by atoms with van der Waals surface area (Å²) in [4.78, 5) is 39.4. The van der Waals surface area contributed by atoms with Crippen LogP contribution in [0.15, 0.2) is 24.3 Å². The lowest BCUT2D eigenvalue weighted by Gasteiger charge is -2.22. The fraction of sp³-hybridized carbons (Fsp3) is 0.526. The molecule has 8 nitrogen and oxygen atoms in total. The second-order valence-electron chi connectivity index (χ2n) is 7.31. The van der Waals surface area contributed by atoms with E-state index in [-0.39, 0.29) is 12.0 Å². The Morgan fingerprint density at radius 2 is 1.56 bits per heavy atom. The average molecular weight is 377 g/mol. The number of carbonyl (C=O) groups excluding carboxylic acids is 3. The molecule has 1 aromatic carbocycles. The van der Waals surface area contributed by atoms with Crippen molar-refractivity contribution >= 4 is 23.8 Å². The number of nitrogens with zero attached hydrogens (tertiary/aromatic N) is 2. The highest BCUT2D eigenvalue weighted by Gasteiger charge is 2.23. The van der Waals surface area contributed by atoms with Crippen LogP contribution in [0.5, 0.6) is 0 Å². The number of anilines is 1. The summed E-state index contributed by atoms with van der Waals surface area (Å²) in [7, 11) is 1.35. The third kappa shape index (κ3) is 6.16. The van der Waals surface area contributed by atoms with Crippen molar-refractivity contribution in [1.82, 2.24) is 9.80 Å². The highest BCUT2D eigenvalue weighted by Crippen LogP contribution is 2.15. The number of amides is 3. The van der Waals surface area contributed by atoms with Gasteiger partial charge in [0.2, 0.25) is 0 Å². The first-order valence-electron chi connectivity index (χ1n) is 8.92. The largest absolute Gasteiger partial charge is 0.453 e. The van der Waals surface area contributed by atoms with E-state index in [2.05, 4.69) is 5.32 Å². The van der Waals surface area contributed by atoms with Crippen molar-refractivity contribution in [3.63, 3.8) is 0 Å². The van der Waals surface area contributed by atoms with Crippen LogP contribution in [0.1, 0.15) is 37.6 Å². The summed E-state index contributed by atoms with van der Waals surface area (Å²) in [5, 5.41) is 2.63. The molecule has 148 valence electrons. The fourth-order valence-electron chi connectivity index (χ4n) is 2.73. The maximum atomic E-state index is 12.7. The molecule has 1 fully saturated rings. The van der Waals surface area contributed by atoms with Crippen LogP contribution in [0.4, 0.5) is 15.3 Å². The lowest BCUT2D eigenvalue weighted by Crippen LogP contribution is -2.37. The van der Waals surface area contributed by atoms with E-state index >= 15 is 0 Å². The molecule has 0 unspecified atom stereocenters. The molecule has 2 rings (SSSR count). The van der Waals surface area contributed by atoms with Crippen molar-refractivity contribution in [2.24, 2.45) is 0 Å². The predicted octanol–water partition coefficient (Wildman–Crippen LogP) is 2.95. The normalized spacial score (nSPS) is 15.0. The van der Waals surface area contributed by atoms with Crippen LogP contribution in [0.2, 0.25) is 0 Å². The van der Waals surface area contributed by atoms with Gasteiger partial charge in [-0.3, -0.25) is 10.1 Å². The van der Waals surface area contributed by atoms with Crippen LogP contribution in [0.25, 0.3) is 0 Å². The van der Waals surface area contributed by atoms with Crippen LogP contribution in [-0.4, -0.2) is 66.8 Å². The third-order valence-electron chi connectivity index (χ3n) is 3.99. The zero-order valence-electron chi connectivity index (χ0n) is 16.3. The predicted molar refractivity (Wildman–Crippen MR) is 101 cm³/mol. The van der Waals surface area contributed by atoms with Crippen molar-refractivity contribution in [2.45, 2.75) is 32.8 Å². The molecule has 1 aliphatic heterocycles. The summed E-state index contributed by atoms with van der Waals surface area (Å²) in [6, 6.07) is 6.65. The van der Waals surface area contributed by atoms with Gasteiger partial charge in [-0.1, -0.05) is 0 Å². The van der Waals surface area contributed by atoms with E-state index in [1.54, 1.807) is 54.8 Å². The molecule has 27 heavy (non-hydrogen) atoms. The van der Waals surface area contributed by atoms with Gasteiger partial charge < -0.3 is 19.3 Å². The van der Waals surface area contributed by atoms with Gasteiger partial charge in [0.15, 0.2) is 0 Å². The molecular formula is C19H27N3O5. The summed E-state index contributed by atoms with van der Waals surface area (Å²) in [5.74, 6) is -0.106. The number of hydrogen-bond donors (Lipinski definition) is 1. The highest BCUT2D eigenvalue weighted by molar-refractivity contribution is 5.95. The number of carbonyl (C=O) groups is 3. The SMILES string of the molecule is COC(=O)N1CCCN(C(=O)c2ccc(NC(=O)OC(C)(C)C)cc2)CC1. The van der Waals surface area contributed by atoms with Gasteiger partial charge in [0.05, 0.1) is 7.11 Å². The van der Waals surface area contributed by atoms with Crippen LogP contribution in [-0.2, 0) is 9.47 Å². The maximum absolute atomic E-state index is 12.7. The number of rotatable bonds is 2.